The Bertz CT molecular complexity index is 794. The normalized spacial score (nSPS) is 34.3. The second-order valence-electron chi connectivity index (χ2n) is 10.1. The van der Waals surface area contributed by atoms with E-state index in [1.807, 2.05) is 6.07 Å². The smallest absolute Gasteiger partial charge is 0.333 e. The zero-order valence-electron chi connectivity index (χ0n) is 18.0. The van der Waals surface area contributed by atoms with Gasteiger partial charge >= 0.3 is 6.03 Å². The van der Waals surface area contributed by atoms with Crippen LogP contribution in [-0.4, -0.2) is 29.3 Å². The average Bonchev–Trinajstić information content (AvgIpc) is 3.15. The van der Waals surface area contributed by atoms with Crippen molar-refractivity contribution in [2.75, 3.05) is 6.54 Å². The lowest BCUT2D eigenvalue weighted by atomic mass is 9.54. The van der Waals surface area contributed by atoms with E-state index in [0.717, 1.165) is 48.8 Å². The highest BCUT2D eigenvalue weighted by Gasteiger charge is 2.49. The molecule has 0 aromatic heterocycles. The Morgan fingerprint density at radius 1 is 1.13 bits per heavy atom. The summed E-state index contributed by atoms with van der Waals surface area (Å²) in [5, 5.41) is 9.75. The summed E-state index contributed by atoms with van der Waals surface area (Å²) in [5.41, 5.74) is 1.95. The van der Waals surface area contributed by atoms with Crippen molar-refractivity contribution in [3.63, 3.8) is 0 Å². The van der Waals surface area contributed by atoms with Gasteiger partial charge in [-0.2, -0.15) is 5.10 Å². The van der Waals surface area contributed by atoms with Crippen LogP contribution in [0.5, 0.6) is 0 Å². The molecule has 0 spiro atoms. The average molecular weight is 412 g/mol. The number of urea groups is 1. The third-order valence-corrected chi connectivity index (χ3v) is 8.05. The maximum atomic E-state index is 13.9. The highest BCUT2D eigenvalue weighted by molar-refractivity contribution is 5.94. The summed E-state index contributed by atoms with van der Waals surface area (Å²) in [6.07, 6.45) is 10.8. The lowest BCUT2D eigenvalue weighted by Crippen LogP contribution is -2.57. The maximum absolute atomic E-state index is 13.9. The van der Waals surface area contributed by atoms with Gasteiger partial charge < -0.3 is 5.32 Å². The summed E-state index contributed by atoms with van der Waals surface area (Å²) in [4.78, 5) is 13.2. The number of hydrazone groups is 1. The molecular formula is C25H34FN3O. The number of carbonyl (C=O) groups is 1. The van der Waals surface area contributed by atoms with Crippen molar-refractivity contribution in [1.29, 1.82) is 0 Å². The quantitative estimate of drug-likeness (QED) is 0.600. The molecule has 4 aliphatic carbocycles. The number of rotatable bonds is 6. The molecule has 1 aromatic carbocycles. The Balaban J connectivity index is 1.29. The maximum Gasteiger partial charge on any atom is 0.338 e. The monoisotopic (exact) mass is 411 g/mol. The van der Waals surface area contributed by atoms with Gasteiger partial charge in [-0.3, -0.25) is 0 Å². The Labute approximate surface area is 179 Å². The summed E-state index contributed by atoms with van der Waals surface area (Å²) in [5.74, 6) is 2.87. The van der Waals surface area contributed by atoms with E-state index in [9.17, 15) is 9.18 Å². The fraction of sp³-hybridized carbons (Fsp3) is 0.680. The standard InChI is InChI=1S/C25H34FN3O/c1-2-3-4-8-23-22(18-6-5-7-21(26)14-18)15-29(28-23)25(30)27-24-19-10-16-9-17(12-19)13-20(24)11-16/h5-7,14,16-17,19-20,22,24H,2-4,8-13,15H2,1H3,(H,27,30). The summed E-state index contributed by atoms with van der Waals surface area (Å²) in [7, 11) is 0. The van der Waals surface area contributed by atoms with Crippen molar-refractivity contribution in [3.05, 3.63) is 35.6 Å². The van der Waals surface area contributed by atoms with Gasteiger partial charge in [-0.05, 0) is 86.3 Å². The van der Waals surface area contributed by atoms with E-state index in [2.05, 4.69) is 12.2 Å². The molecule has 4 nitrogen and oxygen atoms in total. The van der Waals surface area contributed by atoms with Crippen LogP contribution in [-0.2, 0) is 0 Å². The molecule has 1 unspecified atom stereocenters. The number of nitrogens with one attached hydrogen (secondary N) is 1. The SMILES string of the molecule is CCCCCC1=NN(C(=O)NC2C3CC4CC(C3)CC2C4)CC1c1cccc(F)c1. The Kier molecular flexibility index (Phi) is 5.55. The number of nitrogens with zero attached hydrogens (tertiary/aromatic N) is 2. The van der Waals surface area contributed by atoms with E-state index in [1.165, 1.54) is 38.2 Å². The molecular weight excluding hydrogens is 377 g/mol. The van der Waals surface area contributed by atoms with Gasteiger partial charge in [0, 0.05) is 17.7 Å². The number of amides is 2. The predicted molar refractivity (Wildman–Crippen MR) is 117 cm³/mol. The number of unbranched alkanes of at least 4 members (excludes halogenated alkanes) is 2. The van der Waals surface area contributed by atoms with Crippen molar-refractivity contribution in [3.8, 4) is 0 Å². The third kappa shape index (κ3) is 3.88. The first-order valence-electron chi connectivity index (χ1n) is 12.0. The van der Waals surface area contributed by atoms with Crippen molar-refractivity contribution in [2.24, 2.45) is 28.8 Å². The van der Waals surface area contributed by atoms with Gasteiger partial charge in [-0.1, -0.05) is 31.9 Å². The van der Waals surface area contributed by atoms with Gasteiger partial charge in [0.15, 0.2) is 0 Å². The van der Waals surface area contributed by atoms with E-state index in [-0.39, 0.29) is 17.8 Å². The number of hydrogen-bond acceptors (Lipinski definition) is 2. The zero-order valence-corrected chi connectivity index (χ0v) is 18.0. The van der Waals surface area contributed by atoms with Crippen LogP contribution in [0.2, 0.25) is 0 Å². The van der Waals surface area contributed by atoms with Gasteiger partial charge in [0.2, 0.25) is 0 Å². The Hall–Kier alpha value is -1.91. The summed E-state index contributed by atoms with van der Waals surface area (Å²) >= 11 is 0. The topological polar surface area (TPSA) is 44.7 Å². The second kappa shape index (κ2) is 8.32. The number of hydrogen-bond donors (Lipinski definition) is 1. The van der Waals surface area contributed by atoms with Crippen LogP contribution < -0.4 is 5.32 Å². The fourth-order valence-corrected chi connectivity index (χ4v) is 6.85. The minimum absolute atomic E-state index is 0.00167. The van der Waals surface area contributed by atoms with Crippen molar-refractivity contribution in [2.45, 2.75) is 76.7 Å². The van der Waals surface area contributed by atoms with Crippen LogP contribution in [0.25, 0.3) is 0 Å². The highest BCUT2D eigenvalue weighted by atomic mass is 19.1. The lowest BCUT2D eigenvalue weighted by Gasteiger charge is -2.54. The molecule has 0 radical (unpaired) electrons. The summed E-state index contributed by atoms with van der Waals surface area (Å²) in [6.45, 7) is 2.70. The second-order valence-corrected chi connectivity index (χ2v) is 10.1. The first-order valence-corrected chi connectivity index (χ1v) is 12.0. The third-order valence-electron chi connectivity index (χ3n) is 8.05. The molecule has 1 heterocycles. The van der Waals surface area contributed by atoms with Gasteiger partial charge in [-0.15, -0.1) is 0 Å². The van der Waals surface area contributed by atoms with E-state index in [1.54, 1.807) is 17.1 Å². The molecule has 6 rings (SSSR count). The van der Waals surface area contributed by atoms with Crippen LogP contribution in [0.4, 0.5) is 9.18 Å². The van der Waals surface area contributed by atoms with Gasteiger partial charge in [0.05, 0.1) is 6.54 Å². The molecule has 5 heteroatoms. The van der Waals surface area contributed by atoms with Gasteiger partial charge in [0.25, 0.3) is 0 Å². The number of benzene rings is 1. The Morgan fingerprint density at radius 3 is 2.53 bits per heavy atom. The molecule has 1 atom stereocenters. The number of halogens is 1. The molecule has 5 aliphatic rings. The predicted octanol–water partition coefficient (Wildman–Crippen LogP) is 5.70. The van der Waals surface area contributed by atoms with Crippen molar-refractivity contribution >= 4 is 11.7 Å². The number of carbonyl (C=O) groups excluding carboxylic acids is 1. The van der Waals surface area contributed by atoms with Crippen LogP contribution in [0.1, 0.15) is 76.2 Å². The largest absolute Gasteiger partial charge is 0.338 e. The zero-order chi connectivity index (χ0) is 20.7. The summed E-state index contributed by atoms with van der Waals surface area (Å²) < 4.78 is 13.9. The van der Waals surface area contributed by atoms with Crippen LogP contribution in [0.15, 0.2) is 29.4 Å². The van der Waals surface area contributed by atoms with E-state index in [0.29, 0.717) is 24.4 Å². The van der Waals surface area contributed by atoms with Crippen LogP contribution in [0.3, 0.4) is 0 Å². The summed E-state index contributed by atoms with van der Waals surface area (Å²) in [6, 6.07) is 7.05. The molecule has 30 heavy (non-hydrogen) atoms. The minimum Gasteiger partial charge on any atom is -0.333 e. The first-order chi connectivity index (χ1) is 14.6. The van der Waals surface area contributed by atoms with Crippen molar-refractivity contribution < 1.29 is 9.18 Å². The molecule has 1 N–H and O–H groups in total. The molecule has 0 saturated heterocycles. The highest BCUT2D eigenvalue weighted by Crippen LogP contribution is 2.53. The molecule has 1 aliphatic heterocycles. The Morgan fingerprint density at radius 2 is 1.87 bits per heavy atom. The molecule has 162 valence electrons. The van der Waals surface area contributed by atoms with Crippen LogP contribution in [0, 0.1) is 29.5 Å². The van der Waals surface area contributed by atoms with Crippen molar-refractivity contribution in [1.82, 2.24) is 10.3 Å². The van der Waals surface area contributed by atoms with Crippen LogP contribution >= 0.6 is 0 Å². The van der Waals surface area contributed by atoms with Gasteiger partial charge in [0.1, 0.15) is 5.82 Å². The van der Waals surface area contributed by atoms with E-state index < -0.39 is 0 Å². The minimum atomic E-state index is -0.225. The van der Waals surface area contributed by atoms with Gasteiger partial charge in [-0.25, -0.2) is 14.2 Å². The molecule has 4 fully saturated rings. The molecule has 2 amide bonds. The molecule has 4 saturated carbocycles. The van der Waals surface area contributed by atoms with E-state index >= 15 is 0 Å². The molecule has 4 bridgehead atoms. The molecule has 1 aromatic rings. The van der Waals surface area contributed by atoms with E-state index in [4.69, 9.17) is 5.10 Å². The fourth-order valence-electron chi connectivity index (χ4n) is 6.85. The lowest BCUT2D eigenvalue weighted by molar-refractivity contribution is -0.0109. The first kappa shape index (κ1) is 20.0.